The van der Waals surface area contributed by atoms with Crippen molar-refractivity contribution in [2.75, 3.05) is 6.54 Å². The molecule has 0 amide bonds. The van der Waals surface area contributed by atoms with E-state index in [1.165, 1.54) is 25.7 Å². The first-order valence-electron chi connectivity index (χ1n) is 7.11. The standard InChI is InChI=1S/C14H26N4/c1-14(2,3)8-11(9-15)13-17-16-10-18(13)12-6-4-5-7-12/h10-12H,4-9,15H2,1-3H3. The molecule has 1 saturated carbocycles. The van der Waals surface area contributed by atoms with Crippen LogP contribution in [0.1, 0.15) is 70.7 Å². The zero-order valence-electron chi connectivity index (χ0n) is 11.9. The zero-order valence-corrected chi connectivity index (χ0v) is 11.9. The molecule has 2 N–H and O–H groups in total. The molecule has 4 nitrogen and oxygen atoms in total. The van der Waals surface area contributed by atoms with E-state index in [4.69, 9.17) is 5.73 Å². The first-order chi connectivity index (χ1) is 8.51. The average molecular weight is 250 g/mol. The van der Waals surface area contributed by atoms with Crippen molar-refractivity contribution in [3.8, 4) is 0 Å². The van der Waals surface area contributed by atoms with Gasteiger partial charge >= 0.3 is 0 Å². The molecule has 1 unspecified atom stereocenters. The number of aromatic nitrogens is 3. The summed E-state index contributed by atoms with van der Waals surface area (Å²) in [6, 6.07) is 0.601. The van der Waals surface area contributed by atoms with Gasteiger partial charge in [0.15, 0.2) is 0 Å². The largest absolute Gasteiger partial charge is 0.330 e. The molecule has 0 bridgehead atoms. The van der Waals surface area contributed by atoms with Gasteiger partial charge in [0.25, 0.3) is 0 Å². The maximum atomic E-state index is 5.96. The highest BCUT2D eigenvalue weighted by atomic mass is 15.3. The Bertz CT molecular complexity index is 371. The molecule has 0 aliphatic heterocycles. The van der Waals surface area contributed by atoms with Crippen LogP contribution in [-0.2, 0) is 0 Å². The van der Waals surface area contributed by atoms with Gasteiger partial charge in [-0.3, -0.25) is 0 Å². The van der Waals surface area contributed by atoms with Gasteiger partial charge in [0.05, 0.1) is 0 Å². The molecule has 1 aliphatic rings. The monoisotopic (exact) mass is 250 g/mol. The lowest BCUT2D eigenvalue weighted by molar-refractivity contribution is 0.326. The zero-order chi connectivity index (χ0) is 13.2. The Morgan fingerprint density at radius 2 is 2.06 bits per heavy atom. The Morgan fingerprint density at radius 3 is 2.61 bits per heavy atom. The van der Waals surface area contributed by atoms with Gasteiger partial charge in [-0.15, -0.1) is 10.2 Å². The van der Waals surface area contributed by atoms with Gasteiger partial charge in [0.2, 0.25) is 0 Å². The first kappa shape index (κ1) is 13.5. The summed E-state index contributed by atoms with van der Waals surface area (Å²) >= 11 is 0. The van der Waals surface area contributed by atoms with Gasteiger partial charge in [-0.2, -0.15) is 0 Å². The van der Waals surface area contributed by atoms with Crippen LogP contribution in [0.3, 0.4) is 0 Å². The van der Waals surface area contributed by atoms with Crippen LogP contribution in [0.2, 0.25) is 0 Å². The van der Waals surface area contributed by atoms with E-state index in [1.54, 1.807) is 0 Å². The molecule has 102 valence electrons. The smallest absolute Gasteiger partial charge is 0.137 e. The Morgan fingerprint density at radius 1 is 1.39 bits per heavy atom. The van der Waals surface area contributed by atoms with Crippen LogP contribution in [-0.4, -0.2) is 21.3 Å². The van der Waals surface area contributed by atoms with Gasteiger partial charge in [-0.1, -0.05) is 33.6 Å². The van der Waals surface area contributed by atoms with E-state index in [0.717, 1.165) is 12.2 Å². The van der Waals surface area contributed by atoms with Crippen LogP contribution >= 0.6 is 0 Å². The molecule has 1 aromatic rings. The second kappa shape index (κ2) is 5.39. The number of rotatable bonds is 4. The van der Waals surface area contributed by atoms with E-state index in [0.29, 0.717) is 18.5 Å². The maximum absolute atomic E-state index is 5.96. The summed E-state index contributed by atoms with van der Waals surface area (Å²) < 4.78 is 2.29. The summed E-state index contributed by atoms with van der Waals surface area (Å²) in [7, 11) is 0. The van der Waals surface area contributed by atoms with Crippen molar-refractivity contribution >= 4 is 0 Å². The molecular weight excluding hydrogens is 224 g/mol. The number of hydrogen-bond donors (Lipinski definition) is 1. The third-order valence-corrected chi connectivity index (χ3v) is 3.83. The lowest BCUT2D eigenvalue weighted by atomic mass is 9.84. The fourth-order valence-electron chi connectivity index (χ4n) is 3.03. The summed E-state index contributed by atoms with van der Waals surface area (Å²) in [6.07, 6.45) is 8.14. The van der Waals surface area contributed by atoms with Crippen molar-refractivity contribution in [1.29, 1.82) is 0 Å². The van der Waals surface area contributed by atoms with Crippen LogP contribution in [0, 0.1) is 5.41 Å². The third kappa shape index (κ3) is 3.10. The fraction of sp³-hybridized carbons (Fsp3) is 0.857. The second-order valence-electron chi connectivity index (χ2n) is 6.73. The summed E-state index contributed by atoms with van der Waals surface area (Å²) in [5.41, 5.74) is 6.23. The summed E-state index contributed by atoms with van der Waals surface area (Å²) in [5.74, 6) is 1.42. The van der Waals surface area contributed by atoms with Crippen molar-refractivity contribution in [2.24, 2.45) is 11.1 Å². The van der Waals surface area contributed by atoms with E-state index in [2.05, 4.69) is 35.5 Å². The van der Waals surface area contributed by atoms with Crippen LogP contribution in [0.25, 0.3) is 0 Å². The predicted octanol–water partition coefficient (Wildman–Crippen LogP) is 2.87. The van der Waals surface area contributed by atoms with Crippen LogP contribution in [0.4, 0.5) is 0 Å². The Hall–Kier alpha value is -0.900. The summed E-state index contributed by atoms with van der Waals surface area (Å²) in [4.78, 5) is 0. The van der Waals surface area contributed by atoms with E-state index in [-0.39, 0.29) is 5.41 Å². The molecule has 0 radical (unpaired) electrons. The second-order valence-corrected chi connectivity index (χ2v) is 6.73. The molecule has 1 fully saturated rings. The SMILES string of the molecule is CC(C)(C)CC(CN)c1nncn1C1CCCC1. The maximum Gasteiger partial charge on any atom is 0.137 e. The van der Waals surface area contributed by atoms with E-state index < -0.39 is 0 Å². The average Bonchev–Trinajstić information content (AvgIpc) is 2.94. The van der Waals surface area contributed by atoms with Gasteiger partial charge < -0.3 is 10.3 Å². The van der Waals surface area contributed by atoms with Gasteiger partial charge in [0.1, 0.15) is 12.2 Å². The van der Waals surface area contributed by atoms with Gasteiger partial charge in [-0.05, 0) is 24.7 Å². The Balaban J connectivity index is 2.17. The lowest BCUT2D eigenvalue weighted by Crippen LogP contribution is -2.23. The van der Waals surface area contributed by atoms with Crippen molar-refractivity contribution in [3.63, 3.8) is 0 Å². The minimum atomic E-state index is 0.274. The van der Waals surface area contributed by atoms with Crippen LogP contribution in [0.15, 0.2) is 6.33 Å². The molecule has 0 aromatic carbocycles. The Labute approximate surface area is 110 Å². The topological polar surface area (TPSA) is 56.7 Å². The van der Waals surface area contributed by atoms with Gasteiger partial charge in [-0.25, -0.2) is 0 Å². The molecule has 2 rings (SSSR count). The lowest BCUT2D eigenvalue weighted by Gasteiger charge is -2.26. The van der Waals surface area contributed by atoms with Crippen LogP contribution < -0.4 is 5.73 Å². The van der Waals surface area contributed by atoms with Crippen molar-refractivity contribution in [3.05, 3.63) is 12.2 Å². The van der Waals surface area contributed by atoms with Gasteiger partial charge in [0, 0.05) is 18.5 Å². The summed E-state index contributed by atoms with van der Waals surface area (Å²) in [6.45, 7) is 7.42. The number of hydrogen-bond acceptors (Lipinski definition) is 3. The van der Waals surface area contributed by atoms with Crippen molar-refractivity contribution in [1.82, 2.24) is 14.8 Å². The van der Waals surface area contributed by atoms with Crippen molar-refractivity contribution in [2.45, 2.75) is 64.8 Å². The predicted molar refractivity (Wildman–Crippen MR) is 73.4 cm³/mol. The van der Waals surface area contributed by atoms with Crippen LogP contribution in [0.5, 0.6) is 0 Å². The van der Waals surface area contributed by atoms with E-state index in [9.17, 15) is 0 Å². The Kier molecular flexibility index (Phi) is 4.05. The molecule has 1 aromatic heterocycles. The molecule has 1 heterocycles. The first-order valence-corrected chi connectivity index (χ1v) is 7.11. The molecule has 0 spiro atoms. The molecular formula is C14H26N4. The molecule has 0 saturated heterocycles. The van der Waals surface area contributed by atoms with E-state index in [1.807, 2.05) is 6.33 Å². The van der Waals surface area contributed by atoms with Crippen molar-refractivity contribution < 1.29 is 0 Å². The quantitative estimate of drug-likeness (QED) is 0.894. The molecule has 4 heteroatoms. The minimum Gasteiger partial charge on any atom is -0.330 e. The minimum absolute atomic E-state index is 0.274. The number of nitrogens with zero attached hydrogens (tertiary/aromatic N) is 3. The third-order valence-electron chi connectivity index (χ3n) is 3.83. The van der Waals surface area contributed by atoms with E-state index >= 15 is 0 Å². The molecule has 1 atom stereocenters. The highest BCUT2D eigenvalue weighted by molar-refractivity contribution is 5.01. The fourth-order valence-corrected chi connectivity index (χ4v) is 3.03. The summed E-state index contributed by atoms with van der Waals surface area (Å²) in [5, 5.41) is 8.47. The normalized spacial score (nSPS) is 19.3. The number of nitrogens with two attached hydrogens (primary N) is 1. The highest BCUT2D eigenvalue weighted by Crippen LogP contribution is 2.34. The molecule has 18 heavy (non-hydrogen) atoms. The highest BCUT2D eigenvalue weighted by Gasteiger charge is 2.26. The molecule has 1 aliphatic carbocycles.